The lowest BCUT2D eigenvalue weighted by molar-refractivity contribution is -0.116. The third-order valence-corrected chi connectivity index (χ3v) is 5.79. The summed E-state index contributed by atoms with van der Waals surface area (Å²) >= 11 is 0. The highest BCUT2D eigenvalue weighted by molar-refractivity contribution is 6.06. The number of aromatic nitrogens is 2. The molecule has 0 aliphatic carbocycles. The third-order valence-electron chi connectivity index (χ3n) is 5.79. The molecule has 0 saturated carbocycles. The molecule has 8 nitrogen and oxygen atoms in total. The maximum atomic E-state index is 12.2. The van der Waals surface area contributed by atoms with Gasteiger partial charge in [0.1, 0.15) is 5.75 Å². The molecule has 1 aliphatic heterocycles. The smallest absolute Gasteiger partial charge is 0.338 e. The Morgan fingerprint density at radius 2 is 1.79 bits per heavy atom. The van der Waals surface area contributed by atoms with Crippen molar-refractivity contribution in [3.05, 3.63) is 77.5 Å². The highest BCUT2D eigenvalue weighted by atomic mass is 16.5. The van der Waals surface area contributed by atoms with Crippen LogP contribution in [0.2, 0.25) is 0 Å². The molecule has 8 heteroatoms. The fourth-order valence-corrected chi connectivity index (χ4v) is 4.19. The quantitative estimate of drug-likeness (QED) is 0.436. The van der Waals surface area contributed by atoms with Crippen molar-refractivity contribution in [3.63, 3.8) is 0 Å². The minimum absolute atomic E-state index is 0.0870. The number of esters is 1. The van der Waals surface area contributed by atoms with Crippen LogP contribution in [0.3, 0.4) is 0 Å². The van der Waals surface area contributed by atoms with Gasteiger partial charge in [-0.2, -0.15) is 5.10 Å². The monoisotopic (exact) mass is 443 g/mol. The Labute approximate surface area is 189 Å². The predicted molar refractivity (Wildman–Crippen MR) is 122 cm³/mol. The maximum absolute atomic E-state index is 12.2. The first-order valence-electron chi connectivity index (χ1n) is 10.4. The molecular weight excluding hydrogens is 422 g/mol. The fraction of sp³-hybridized carbons (Fsp3) is 0.160. The van der Waals surface area contributed by atoms with Crippen molar-refractivity contribution in [1.82, 2.24) is 10.2 Å². The Hall–Kier alpha value is -4.33. The van der Waals surface area contributed by atoms with Gasteiger partial charge in [0.05, 0.1) is 19.8 Å². The van der Waals surface area contributed by atoms with Crippen LogP contribution >= 0.6 is 0 Å². The first-order valence-corrected chi connectivity index (χ1v) is 10.4. The van der Waals surface area contributed by atoms with Crippen LogP contribution in [0.1, 0.15) is 33.8 Å². The summed E-state index contributed by atoms with van der Waals surface area (Å²) in [6.07, 6.45) is 2.11. The molecule has 0 radical (unpaired) electrons. The molecule has 4 aromatic rings. The van der Waals surface area contributed by atoms with Gasteiger partial charge < -0.3 is 19.5 Å². The number of hydrogen-bond donors (Lipinski definition) is 2. The molecule has 5 rings (SSSR count). The van der Waals surface area contributed by atoms with Crippen molar-refractivity contribution in [2.75, 3.05) is 19.5 Å². The number of carbonyl (C=O) groups is 2. The van der Waals surface area contributed by atoms with E-state index in [2.05, 4.69) is 15.5 Å². The van der Waals surface area contributed by atoms with Gasteiger partial charge in [-0.25, -0.2) is 4.79 Å². The molecule has 1 atom stereocenters. The maximum Gasteiger partial charge on any atom is 0.338 e. The number of methoxy groups -OCH3 is 2. The minimum atomic E-state index is -0.408. The van der Waals surface area contributed by atoms with Crippen LogP contribution in [0, 0.1) is 0 Å². The Morgan fingerprint density at radius 1 is 1.00 bits per heavy atom. The van der Waals surface area contributed by atoms with E-state index in [9.17, 15) is 9.59 Å². The van der Waals surface area contributed by atoms with Gasteiger partial charge in [0, 0.05) is 29.5 Å². The van der Waals surface area contributed by atoms with E-state index in [4.69, 9.17) is 14.2 Å². The first kappa shape index (κ1) is 20.6. The largest absolute Gasteiger partial charge is 0.493 e. The first-order chi connectivity index (χ1) is 16.1. The van der Waals surface area contributed by atoms with Gasteiger partial charge in [0.15, 0.2) is 17.3 Å². The van der Waals surface area contributed by atoms with E-state index in [1.165, 1.54) is 7.11 Å². The number of H-pyrrole nitrogens is 1. The van der Waals surface area contributed by atoms with Gasteiger partial charge >= 0.3 is 5.97 Å². The zero-order chi connectivity index (χ0) is 22.9. The molecule has 1 unspecified atom stereocenters. The van der Waals surface area contributed by atoms with E-state index in [-0.39, 0.29) is 11.8 Å². The molecule has 1 aromatic heterocycles. The highest BCUT2D eigenvalue weighted by Gasteiger charge is 2.29. The Kier molecular flexibility index (Phi) is 5.18. The van der Waals surface area contributed by atoms with Crippen molar-refractivity contribution in [2.24, 2.45) is 0 Å². The van der Waals surface area contributed by atoms with Gasteiger partial charge in [0.25, 0.3) is 0 Å². The van der Waals surface area contributed by atoms with Gasteiger partial charge in [-0.05, 0) is 35.2 Å². The topological polar surface area (TPSA) is 103 Å². The number of nitrogens with zero attached hydrogens (tertiary/aromatic N) is 1. The number of amides is 1. The lowest BCUT2D eigenvalue weighted by Gasteiger charge is -2.23. The van der Waals surface area contributed by atoms with Crippen LogP contribution in [0.4, 0.5) is 5.82 Å². The molecular formula is C25H21N3O5. The van der Waals surface area contributed by atoms with Gasteiger partial charge in [0.2, 0.25) is 5.91 Å². The van der Waals surface area contributed by atoms with Crippen molar-refractivity contribution >= 4 is 28.5 Å². The summed E-state index contributed by atoms with van der Waals surface area (Å²) in [6, 6.07) is 16.5. The van der Waals surface area contributed by atoms with Crippen LogP contribution in [0.5, 0.6) is 17.2 Å². The standard InChI is InChI=1S/C25H21N3O5/c1-31-22-11-14(18-12-23(29)27-24-19(18)13-26-28-24)7-9-21(22)33-20-10-8-17(25(30)32-2)15-5-3-4-6-16(15)20/h3-11,13,18H,12H2,1-2H3,(H2,26,27,28,29). The van der Waals surface area contributed by atoms with E-state index in [0.29, 0.717) is 35.1 Å². The Bertz CT molecular complexity index is 1380. The molecule has 0 saturated heterocycles. The Balaban J connectivity index is 1.52. The second-order valence-electron chi connectivity index (χ2n) is 7.65. The van der Waals surface area contributed by atoms with E-state index in [0.717, 1.165) is 21.9 Å². The summed E-state index contributed by atoms with van der Waals surface area (Å²) in [5.74, 6) is 1.54. The number of carbonyl (C=O) groups excluding carboxylic acids is 2. The van der Waals surface area contributed by atoms with Crippen molar-refractivity contribution in [2.45, 2.75) is 12.3 Å². The third kappa shape index (κ3) is 3.65. The predicted octanol–water partition coefficient (Wildman–Crippen LogP) is 4.62. The molecule has 1 amide bonds. The number of hydrogen-bond acceptors (Lipinski definition) is 6. The normalized spacial score (nSPS) is 15.0. The fourth-order valence-electron chi connectivity index (χ4n) is 4.19. The number of benzene rings is 3. The van der Waals surface area contributed by atoms with Crippen molar-refractivity contribution in [1.29, 1.82) is 0 Å². The lowest BCUT2D eigenvalue weighted by atomic mass is 9.87. The molecule has 3 aromatic carbocycles. The summed E-state index contributed by atoms with van der Waals surface area (Å²) in [5.41, 5.74) is 2.31. The van der Waals surface area contributed by atoms with Crippen LogP contribution < -0.4 is 14.8 Å². The van der Waals surface area contributed by atoms with Crippen LogP contribution in [0.25, 0.3) is 10.8 Å². The SMILES string of the molecule is COC(=O)c1ccc(Oc2ccc(C3CC(=O)Nc4n[nH]cc43)cc2OC)c2ccccc12. The van der Waals surface area contributed by atoms with Gasteiger partial charge in [-0.1, -0.05) is 30.3 Å². The van der Waals surface area contributed by atoms with Crippen LogP contribution in [-0.4, -0.2) is 36.3 Å². The van der Waals surface area contributed by atoms with E-state index < -0.39 is 5.97 Å². The second-order valence-corrected chi connectivity index (χ2v) is 7.65. The summed E-state index contributed by atoms with van der Waals surface area (Å²) in [7, 11) is 2.93. The zero-order valence-electron chi connectivity index (χ0n) is 18.0. The summed E-state index contributed by atoms with van der Waals surface area (Å²) < 4.78 is 16.7. The molecule has 0 bridgehead atoms. The zero-order valence-corrected chi connectivity index (χ0v) is 18.0. The number of aromatic amines is 1. The van der Waals surface area contributed by atoms with Crippen molar-refractivity contribution in [3.8, 4) is 17.2 Å². The lowest BCUT2D eigenvalue weighted by Crippen LogP contribution is -2.22. The minimum Gasteiger partial charge on any atom is -0.493 e. The molecule has 0 fully saturated rings. The van der Waals surface area contributed by atoms with E-state index in [1.807, 2.05) is 42.5 Å². The average molecular weight is 443 g/mol. The second kappa shape index (κ2) is 8.31. The number of rotatable bonds is 5. The number of fused-ring (bicyclic) bond motifs is 2. The van der Waals surface area contributed by atoms with Crippen molar-refractivity contribution < 1.29 is 23.8 Å². The van der Waals surface area contributed by atoms with Crippen LogP contribution in [0.15, 0.2) is 60.8 Å². The molecule has 33 heavy (non-hydrogen) atoms. The molecule has 166 valence electrons. The molecule has 2 N–H and O–H groups in total. The average Bonchev–Trinajstić information content (AvgIpc) is 3.32. The summed E-state index contributed by atoms with van der Waals surface area (Å²) in [5, 5.41) is 11.2. The van der Waals surface area contributed by atoms with Gasteiger partial charge in [-0.15, -0.1) is 0 Å². The highest BCUT2D eigenvalue weighted by Crippen LogP contribution is 2.41. The van der Waals surface area contributed by atoms with E-state index in [1.54, 1.807) is 25.4 Å². The summed E-state index contributed by atoms with van der Waals surface area (Å²) in [6.45, 7) is 0. The number of ether oxygens (including phenoxy) is 3. The number of anilines is 1. The summed E-state index contributed by atoms with van der Waals surface area (Å²) in [4.78, 5) is 24.3. The number of nitrogens with one attached hydrogen (secondary N) is 2. The van der Waals surface area contributed by atoms with Crippen LogP contribution in [-0.2, 0) is 9.53 Å². The Morgan fingerprint density at radius 3 is 2.58 bits per heavy atom. The molecule has 0 spiro atoms. The molecule has 2 heterocycles. The van der Waals surface area contributed by atoms with E-state index >= 15 is 0 Å². The van der Waals surface area contributed by atoms with Gasteiger partial charge in [-0.3, -0.25) is 9.89 Å². The molecule has 1 aliphatic rings.